The summed E-state index contributed by atoms with van der Waals surface area (Å²) in [4.78, 5) is 0. The Morgan fingerprint density at radius 1 is 1.50 bits per heavy atom. The molecule has 0 bridgehead atoms. The summed E-state index contributed by atoms with van der Waals surface area (Å²) in [6.07, 6.45) is -2.29. The first-order valence-corrected chi connectivity index (χ1v) is 2.98. The zero-order chi connectivity index (χ0) is 8.15. The van der Waals surface area contributed by atoms with Gasteiger partial charge in [-0.05, 0) is 5.57 Å². The van der Waals surface area contributed by atoms with Crippen molar-refractivity contribution in [3.8, 4) is 0 Å². The van der Waals surface area contributed by atoms with Crippen LogP contribution in [0.25, 0.3) is 0 Å². The Hall–Kier alpha value is -0.420. The van der Waals surface area contributed by atoms with Gasteiger partial charge in [-0.3, -0.25) is 0 Å². The zero-order valence-electron chi connectivity index (χ0n) is 5.70. The van der Waals surface area contributed by atoms with Crippen molar-refractivity contribution in [1.82, 2.24) is 0 Å². The molecule has 60 valence electrons. The van der Waals surface area contributed by atoms with Gasteiger partial charge in [0.1, 0.15) is 12.2 Å². The number of hydrogen-bond donors (Lipinski definition) is 4. The lowest BCUT2D eigenvalue weighted by Gasteiger charge is -2.16. The van der Waals surface area contributed by atoms with Gasteiger partial charge < -0.3 is 21.1 Å². The van der Waals surface area contributed by atoms with E-state index < -0.39 is 18.8 Å². The first-order valence-electron chi connectivity index (χ1n) is 2.98. The van der Waals surface area contributed by atoms with Gasteiger partial charge in [-0.1, -0.05) is 6.58 Å². The van der Waals surface area contributed by atoms with Crippen LogP contribution in [0.3, 0.4) is 0 Å². The summed E-state index contributed by atoms with van der Waals surface area (Å²) in [6.45, 7) is 3.02. The van der Waals surface area contributed by atoms with Gasteiger partial charge in [-0.25, -0.2) is 0 Å². The number of hydrogen-bond acceptors (Lipinski definition) is 4. The third-order valence-electron chi connectivity index (χ3n) is 1.23. The van der Waals surface area contributed by atoms with E-state index in [1.165, 1.54) is 0 Å². The molecule has 5 N–H and O–H groups in total. The fourth-order valence-electron chi connectivity index (χ4n) is 0.493. The van der Waals surface area contributed by atoms with Crippen LogP contribution in [-0.4, -0.2) is 40.7 Å². The lowest BCUT2D eigenvalue weighted by molar-refractivity contribution is 0.00387. The summed E-state index contributed by atoms with van der Waals surface area (Å²) in [7, 11) is 0. The van der Waals surface area contributed by atoms with Crippen molar-refractivity contribution in [2.75, 3.05) is 13.2 Å². The third-order valence-corrected chi connectivity index (χ3v) is 1.23. The van der Waals surface area contributed by atoms with Crippen LogP contribution in [0.4, 0.5) is 0 Å². The predicted octanol–water partition coefficient (Wildman–Crippen LogP) is -1.78. The number of aliphatic hydroxyl groups excluding tert-OH is 3. The first kappa shape index (κ1) is 9.58. The topological polar surface area (TPSA) is 86.7 Å². The molecule has 0 saturated heterocycles. The molecule has 2 unspecified atom stereocenters. The molecule has 0 radical (unpaired) electrons. The van der Waals surface area contributed by atoms with E-state index in [0.29, 0.717) is 5.57 Å². The molecule has 4 nitrogen and oxygen atoms in total. The lowest BCUT2D eigenvalue weighted by Crippen LogP contribution is -2.33. The van der Waals surface area contributed by atoms with Gasteiger partial charge in [0.25, 0.3) is 0 Å². The highest BCUT2D eigenvalue weighted by Gasteiger charge is 2.16. The van der Waals surface area contributed by atoms with E-state index in [1.807, 2.05) is 0 Å². The van der Waals surface area contributed by atoms with Crippen molar-refractivity contribution in [2.24, 2.45) is 5.73 Å². The molecular weight excluding hydrogens is 134 g/mol. The van der Waals surface area contributed by atoms with E-state index in [-0.39, 0.29) is 6.54 Å². The van der Waals surface area contributed by atoms with Crippen LogP contribution in [0.5, 0.6) is 0 Å². The molecule has 4 heteroatoms. The highest BCUT2D eigenvalue weighted by atomic mass is 16.4. The molecule has 0 fully saturated rings. The van der Waals surface area contributed by atoms with Crippen molar-refractivity contribution >= 4 is 0 Å². The van der Waals surface area contributed by atoms with E-state index in [0.717, 1.165) is 0 Å². The molecule has 0 aromatic rings. The molecule has 0 aliphatic heterocycles. The van der Waals surface area contributed by atoms with Crippen molar-refractivity contribution in [3.63, 3.8) is 0 Å². The lowest BCUT2D eigenvalue weighted by atomic mass is 10.1. The van der Waals surface area contributed by atoms with Crippen molar-refractivity contribution in [2.45, 2.75) is 12.2 Å². The van der Waals surface area contributed by atoms with E-state index in [4.69, 9.17) is 21.1 Å². The first-order chi connectivity index (χ1) is 4.63. The number of rotatable bonds is 4. The molecule has 2 atom stereocenters. The molecule has 0 aliphatic carbocycles. The number of nitrogens with two attached hydrogens (primary N) is 1. The minimum atomic E-state index is -1.17. The summed E-state index contributed by atoms with van der Waals surface area (Å²) in [5.74, 6) is 0. The maximum absolute atomic E-state index is 9.00. The molecule has 0 spiro atoms. The van der Waals surface area contributed by atoms with Crippen molar-refractivity contribution in [3.05, 3.63) is 12.2 Å². The van der Waals surface area contributed by atoms with Crippen LogP contribution in [0.15, 0.2) is 12.2 Å². The molecule has 0 rings (SSSR count). The van der Waals surface area contributed by atoms with Crippen LogP contribution in [0.2, 0.25) is 0 Å². The smallest absolute Gasteiger partial charge is 0.107 e. The van der Waals surface area contributed by atoms with E-state index >= 15 is 0 Å². The monoisotopic (exact) mass is 147 g/mol. The Kier molecular flexibility index (Phi) is 4.22. The van der Waals surface area contributed by atoms with Crippen LogP contribution in [0.1, 0.15) is 0 Å². The maximum Gasteiger partial charge on any atom is 0.107 e. The zero-order valence-corrected chi connectivity index (χ0v) is 5.70. The molecule has 0 amide bonds. The molecule has 0 aromatic heterocycles. The van der Waals surface area contributed by atoms with Gasteiger partial charge in [-0.15, -0.1) is 0 Å². The standard InChI is InChI=1S/C6H13NO3/c1-4(2-7)6(10)5(9)3-8/h5-6,8-10H,1-3,7H2. The van der Waals surface area contributed by atoms with Crippen LogP contribution in [0, 0.1) is 0 Å². The minimum Gasteiger partial charge on any atom is -0.394 e. The van der Waals surface area contributed by atoms with Crippen LogP contribution < -0.4 is 5.73 Å². The highest BCUT2D eigenvalue weighted by Crippen LogP contribution is 2.01. The van der Waals surface area contributed by atoms with Gasteiger partial charge >= 0.3 is 0 Å². The molecule has 0 heterocycles. The van der Waals surface area contributed by atoms with Crippen LogP contribution >= 0.6 is 0 Å². The van der Waals surface area contributed by atoms with Crippen molar-refractivity contribution < 1.29 is 15.3 Å². The van der Waals surface area contributed by atoms with Gasteiger partial charge in [0, 0.05) is 6.54 Å². The Morgan fingerprint density at radius 2 is 2.00 bits per heavy atom. The second kappa shape index (κ2) is 4.40. The molecule has 0 aliphatic rings. The normalized spacial score (nSPS) is 16.4. The average molecular weight is 147 g/mol. The molecule has 0 saturated carbocycles. The summed E-state index contributed by atoms with van der Waals surface area (Å²) in [5, 5.41) is 26.2. The maximum atomic E-state index is 9.00. The summed E-state index contributed by atoms with van der Waals surface area (Å²) >= 11 is 0. The van der Waals surface area contributed by atoms with Gasteiger partial charge in [0.15, 0.2) is 0 Å². The Labute approximate surface area is 59.6 Å². The predicted molar refractivity (Wildman–Crippen MR) is 37.3 cm³/mol. The largest absolute Gasteiger partial charge is 0.394 e. The Bertz CT molecular complexity index is 116. The fourth-order valence-corrected chi connectivity index (χ4v) is 0.493. The second-order valence-electron chi connectivity index (χ2n) is 2.06. The highest BCUT2D eigenvalue weighted by molar-refractivity contribution is 5.05. The quantitative estimate of drug-likeness (QED) is 0.354. The van der Waals surface area contributed by atoms with E-state index in [9.17, 15) is 0 Å². The van der Waals surface area contributed by atoms with Gasteiger partial charge in [-0.2, -0.15) is 0 Å². The fraction of sp³-hybridized carbons (Fsp3) is 0.667. The minimum absolute atomic E-state index is 0.109. The van der Waals surface area contributed by atoms with Gasteiger partial charge in [0.2, 0.25) is 0 Å². The average Bonchev–Trinajstić information content (AvgIpc) is 2.00. The Balaban J connectivity index is 3.81. The molecule has 0 aromatic carbocycles. The Morgan fingerprint density at radius 3 is 2.30 bits per heavy atom. The van der Waals surface area contributed by atoms with E-state index in [2.05, 4.69) is 6.58 Å². The van der Waals surface area contributed by atoms with E-state index in [1.54, 1.807) is 0 Å². The summed E-state index contributed by atoms with van der Waals surface area (Å²) in [5.41, 5.74) is 5.43. The third kappa shape index (κ3) is 2.45. The summed E-state index contributed by atoms with van der Waals surface area (Å²) < 4.78 is 0. The van der Waals surface area contributed by atoms with Gasteiger partial charge in [0.05, 0.1) is 6.61 Å². The van der Waals surface area contributed by atoms with Crippen LogP contribution in [-0.2, 0) is 0 Å². The molecular formula is C6H13NO3. The second-order valence-corrected chi connectivity index (χ2v) is 2.06. The molecule has 10 heavy (non-hydrogen) atoms. The van der Waals surface area contributed by atoms with Crippen molar-refractivity contribution in [1.29, 1.82) is 0 Å². The summed E-state index contributed by atoms with van der Waals surface area (Å²) in [6, 6.07) is 0. The number of aliphatic hydroxyl groups is 3. The SMILES string of the molecule is C=C(CN)C(O)C(O)CO.